The van der Waals surface area contributed by atoms with Crippen molar-refractivity contribution in [1.82, 2.24) is 9.80 Å². The van der Waals surface area contributed by atoms with E-state index >= 15 is 0 Å². The van der Waals surface area contributed by atoms with Crippen molar-refractivity contribution in [2.24, 2.45) is 10.9 Å². The summed E-state index contributed by atoms with van der Waals surface area (Å²) in [5, 5.41) is 11.8. The topological polar surface area (TPSA) is 56.1 Å². The van der Waals surface area contributed by atoms with Crippen LogP contribution in [-0.4, -0.2) is 52.4 Å². The monoisotopic (exact) mass is 425 g/mol. The van der Waals surface area contributed by atoms with Crippen LogP contribution in [0.1, 0.15) is 30.9 Å². The van der Waals surface area contributed by atoms with Gasteiger partial charge in [-0.1, -0.05) is 54.9 Å². The van der Waals surface area contributed by atoms with Gasteiger partial charge in [-0.15, -0.1) is 0 Å². The molecule has 0 spiro atoms. The molecule has 1 atom stereocenters. The van der Waals surface area contributed by atoms with Gasteiger partial charge >= 0.3 is 0 Å². The minimum absolute atomic E-state index is 0.0591. The van der Waals surface area contributed by atoms with Crippen LogP contribution >= 0.6 is 11.6 Å². The molecule has 5 nitrogen and oxygen atoms in total. The molecule has 0 bridgehead atoms. The number of rotatable bonds is 5. The first-order chi connectivity index (χ1) is 14.4. The normalized spacial score (nSPS) is 18.8. The standard InChI is InChI=1S/C24H28ClN3O2/c1-18(13-19-5-3-2-4-6-19)23(29)28-11-9-24(30,10-12-28)16-27-15-20-7-8-21(25)14-22(20)26-17-27/h2-8,14,17-18,30H,9-13,15-16H2,1H3. The van der Waals surface area contributed by atoms with Crippen LogP contribution in [0.5, 0.6) is 0 Å². The van der Waals surface area contributed by atoms with Gasteiger partial charge in [-0.2, -0.15) is 0 Å². The summed E-state index contributed by atoms with van der Waals surface area (Å²) in [6, 6.07) is 15.8. The van der Waals surface area contributed by atoms with Gasteiger partial charge in [0.05, 0.1) is 17.6 Å². The number of carbonyl (C=O) groups excluding carboxylic acids is 1. The summed E-state index contributed by atoms with van der Waals surface area (Å²) in [4.78, 5) is 21.3. The molecule has 0 aliphatic carbocycles. The van der Waals surface area contributed by atoms with E-state index in [0.717, 1.165) is 17.7 Å². The number of carbonyl (C=O) groups is 1. The molecule has 4 rings (SSSR count). The lowest BCUT2D eigenvalue weighted by Gasteiger charge is -2.41. The summed E-state index contributed by atoms with van der Waals surface area (Å²) in [5.41, 5.74) is 2.36. The first-order valence-electron chi connectivity index (χ1n) is 10.5. The van der Waals surface area contributed by atoms with E-state index in [1.807, 2.05) is 53.1 Å². The van der Waals surface area contributed by atoms with E-state index in [2.05, 4.69) is 17.1 Å². The molecular weight excluding hydrogens is 398 g/mol. The molecule has 1 saturated heterocycles. The summed E-state index contributed by atoms with van der Waals surface area (Å²) >= 11 is 6.04. The van der Waals surface area contributed by atoms with E-state index in [9.17, 15) is 9.90 Å². The van der Waals surface area contributed by atoms with Crippen LogP contribution < -0.4 is 0 Å². The van der Waals surface area contributed by atoms with Crippen LogP contribution in [0.15, 0.2) is 53.5 Å². The number of nitrogens with zero attached hydrogens (tertiary/aromatic N) is 3. The van der Waals surface area contributed by atoms with Crippen molar-refractivity contribution in [3.05, 3.63) is 64.7 Å². The van der Waals surface area contributed by atoms with E-state index < -0.39 is 5.60 Å². The molecule has 6 heteroatoms. The van der Waals surface area contributed by atoms with Crippen LogP contribution in [0.2, 0.25) is 5.02 Å². The Labute approximate surface area is 183 Å². The fourth-order valence-corrected chi connectivity index (χ4v) is 4.50. The maximum absolute atomic E-state index is 12.9. The quantitative estimate of drug-likeness (QED) is 0.786. The Bertz CT molecular complexity index is 923. The van der Waals surface area contributed by atoms with Gasteiger partial charge in [-0.3, -0.25) is 4.79 Å². The lowest BCUT2D eigenvalue weighted by atomic mass is 9.89. The number of benzene rings is 2. The number of amides is 1. The minimum Gasteiger partial charge on any atom is -0.388 e. The van der Waals surface area contributed by atoms with Crippen molar-refractivity contribution in [2.75, 3.05) is 19.6 Å². The Kier molecular flexibility index (Phi) is 6.11. The molecule has 2 heterocycles. The van der Waals surface area contributed by atoms with Gasteiger partial charge in [0.25, 0.3) is 0 Å². The van der Waals surface area contributed by atoms with Crippen LogP contribution in [0.3, 0.4) is 0 Å². The van der Waals surface area contributed by atoms with Crippen LogP contribution in [0.25, 0.3) is 0 Å². The third kappa shape index (κ3) is 4.85. The van der Waals surface area contributed by atoms with Gasteiger partial charge in [-0.05, 0) is 42.5 Å². The molecule has 2 aromatic rings. The number of halogens is 1. The summed E-state index contributed by atoms with van der Waals surface area (Å²) < 4.78 is 0. The minimum atomic E-state index is -0.810. The number of hydrogen-bond donors (Lipinski definition) is 1. The van der Waals surface area contributed by atoms with E-state index in [-0.39, 0.29) is 11.8 Å². The highest BCUT2D eigenvalue weighted by Crippen LogP contribution is 2.30. The van der Waals surface area contributed by atoms with E-state index in [0.29, 0.717) is 44.0 Å². The number of fused-ring (bicyclic) bond motifs is 1. The molecular formula is C24H28ClN3O2. The molecule has 30 heavy (non-hydrogen) atoms. The van der Waals surface area contributed by atoms with Crippen molar-refractivity contribution >= 4 is 29.5 Å². The van der Waals surface area contributed by atoms with Gasteiger partial charge in [0, 0.05) is 37.1 Å². The Morgan fingerprint density at radius 1 is 1.20 bits per heavy atom. The summed E-state index contributed by atoms with van der Waals surface area (Å²) in [6.07, 6.45) is 3.69. The average Bonchev–Trinajstić information content (AvgIpc) is 2.74. The Morgan fingerprint density at radius 2 is 1.93 bits per heavy atom. The first-order valence-corrected chi connectivity index (χ1v) is 10.9. The molecule has 1 amide bonds. The van der Waals surface area contributed by atoms with Gasteiger partial charge < -0.3 is 14.9 Å². The number of aliphatic imine (C=N–C) groups is 1. The number of β-amino-alcohol motifs (C(OH)–C–C–N with tert-alkyl or cyclic N) is 1. The van der Waals surface area contributed by atoms with Gasteiger partial charge in [0.2, 0.25) is 5.91 Å². The largest absolute Gasteiger partial charge is 0.388 e. The summed E-state index contributed by atoms with van der Waals surface area (Å²) in [7, 11) is 0. The van der Waals surface area contributed by atoms with Crippen LogP contribution in [-0.2, 0) is 17.8 Å². The van der Waals surface area contributed by atoms with Crippen LogP contribution in [0, 0.1) is 5.92 Å². The molecule has 1 N–H and O–H groups in total. The number of likely N-dealkylation sites (tertiary alicyclic amines) is 1. The zero-order valence-electron chi connectivity index (χ0n) is 17.3. The third-order valence-electron chi connectivity index (χ3n) is 6.09. The maximum Gasteiger partial charge on any atom is 0.225 e. The van der Waals surface area contributed by atoms with Gasteiger partial charge in [0.1, 0.15) is 0 Å². The molecule has 0 radical (unpaired) electrons. The molecule has 2 aliphatic heterocycles. The van der Waals surface area contributed by atoms with E-state index in [1.165, 1.54) is 5.56 Å². The number of aliphatic hydroxyl groups is 1. The second-order valence-corrected chi connectivity index (χ2v) is 9.00. The fraction of sp³-hybridized carbons (Fsp3) is 0.417. The average molecular weight is 426 g/mol. The highest BCUT2D eigenvalue weighted by molar-refractivity contribution is 6.30. The van der Waals surface area contributed by atoms with Crippen molar-refractivity contribution in [1.29, 1.82) is 0 Å². The smallest absolute Gasteiger partial charge is 0.225 e. The molecule has 1 fully saturated rings. The molecule has 2 aromatic carbocycles. The van der Waals surface area contributed by atoms with Crippen molar-refractivity contribution < 1.29 is 9.90 Å². The number of hydrogen-bond acceptors (Lipinski definition) is 4. The maximum atomic E-state index is 12.9. The predicted molar refractivity (Wildman–Crippen MR) is 120 cm³/mol. The summed E-state index contributed by atoms with van der Waals surface area (Å²) in [6.45, 7) is 4.39. The second kappa shape index (κ2) is 8.78. The lowest BCUT2D eigenvalue weighted by Crippen LogP contribution is -2.52. The predicted octanol–water partition coefficient (Wildman–Crippen LogP) is 4.05. The van der Waals surface area contributed by atoms with Gasteiger partial charge in [-0.25, -0.2) is 4.99 Å². The van der Waals surface area contributed by atoms with E-state index in [4.69, 9.17) is 11.6 Å². The fourth-order valence-electron chi connectivity index (χ4n) is 4.34. The molecule has 0 saturated carbocycles. The number of piperidine rings is 1. The molecule has 1 unspecified atom stereocenters. The van der Waals surface area contributed by atoms with Crippen LogP contribution in [0.4, 0.5) is 5.69 Å². The molecule has 2 aliphatic rings. The van der Waals surface area contributed by atoms with Crippen molar-refractivity contribution in [3.8, 4) is 0 Å². The van der Waals surface area contributed by atoms with Gasteiger partial charge in [0.15, 0.2) is 0 Å². The zero-order valence-corrected chi connectivity index (χ0v) is 18.1. The SMILES string of the molecule is CC(Cc1ccccc1)C(=O)N1CCC(O)(CN2C=Nc3cc(Cl)ccc3C2)CC1. The Hall–Kier alpha value is -2.37. The zero-order chi connectivity index (χ0) is 21.1. The van der Waals surface area contributed by atoms with Crippen molar-refractivity contribution in [3.63, 3.8) is 0 Å². The Morgan fingerprint density at radius 3 is 2.67 bits per heavy atom. The first kappa shape index (κ1) is 20.9. The highest BCUT2D eigenvalue weighted by atomic mass is 35.5. The highest BCUT2D eigenvalue weighted by Gasteiger charge is 2.36. The van der Waals surface area contributed by atoms with Crippen molar-refractivity contribution in [2.45, 2.75) is 38.3 Å². The second-order valence-electron chi connectivity index (χ2n) is 8.56. The molecule has 158 valence electrons. The third-order valence-corrected chi connectivity index (χ3v) is 6.33. The van der Waals surface area contributed by atoms with E-state index in [1.54, 1.807) is 6.34 Å². The lowest BCUT2D eigenvalue weighted by molar-refractivity contribution is -0.139. The Balaban J connectivity index is 1.30. The summed E-state index contributed by atoms with van der Waals surface area (Å²) in [5.74, 6) is 0.113. The molecule has 0 aromatic heterocycles.